The lowest BCUT2D eigenvalue weighted by atomic mass is 10.1. The fourth-order valence-corrected chi connectivity index (χ4v) is 1.86. The van der Waals surface area contributed by atoms with Crippen molar-refractivity contribution in [3.05, 3.63) is 11.7 Å². The van der Waals surface area contributed by atoms with Gasteiger partial charge in [0.2, 0.25) is 11.7 Å². The number of hydrogen-bond donors (Lipinski definition) is 0. The van der Waals surface area contributed by atoms with Gasteiger partial charge in [-0.05, 0) is 12.8 Å². The zero-order chi connectivity index (χ0) is 12.7. The van der Waals surface area contributed by atoms with E-state index in [9.17, 15) is 0 Å². The molecule has 1 aromatic rings. The average molecular weight is 255 g/mol. The number of aromatic nitrogens is 2. The molecule has 1 unspecified atom stereocenters. The zero-order valence-corrected chi connectivity index (χ0v) is 11.2. The van der Waals surface area contributed by atoms with Gasteiger partial charge in [-0.25, -0.2) is 0 Å². The number of nitriles is 1. The van der Waals surface area contributed by atoms with Crippen LogP contribution in [0.3, 0.4) is 0 Å². The van der Waals surface area contributed by atoms with Crippen LogP contribution in [0.15, 0.2) is 4.52 Å². The van der Waals surface area contributed by atoms with E-state index in [4.69, 9.17) is 14.5 Å². The summed E-state index contributed by atoms with van der Waals surface area (Å²) in [6, 6.07) is 2.05. The van der Waals surface area contributed by atoms with Crippen LogP contribution in [0, 0.1) is 17.2 Å². The summed E-state index contributed by atoms with van der Waals surface area (Å²) < 4.78 is 10.7. The summed E-state index contributed by atoms with van der Waals surface area (Å²) in [6.07, 6.45) is -0.126. The highest BCUT2D eigenvalue weighted by Gasteiger charge is 2.21. The first-order valence-corrected chi connectivity index (χ1v) is 6.73. The lowest BCUT2D eigenvalue weighted by molar-refractivity contribution is 0.0217. The van der Waals surface area contributed by atoms with E-state index in [-0.39, 0.29) is 6.10 Å². The Hall–Kier alpha value is -1.06. The molecule has 0 radical (unpaired) electrons. The molecule has 1 rings (SSSR count). The molecule has 1 atom stereocenters. The summed E-state index contributed by atoms with van der Waals surface area (Å²) in [5.74, 6) is 2.43. The molecule has 0 aliphatic rings. The molecule has 0 aliphatic carbocycles. The van der Waals surface area contributed by atoms with Gasteiger partial charge in [-0.15, -0.1) is 11.8 Å². The summed E-state index contributed by atoms with van der Waals surface area (Å²) in [5.41, 5.74) is 0. The van der Waals surface area contributed by atoms with Gasteiger partial charge in [0.15, 0.2) is 0 Å². The Labute approximate surface area is 106 Å². The fraction of sp³-hybridized carbons (Fsp3) is 0.727. The van der Waals surface area contributed by atoms with Crippen molar-refractivity contribution < 1.29 is 9.26 Å². The predicted octanol–water partition coefficient (Wildman–Crippen LogP) is 2.56. The van der Waals surface area contributed by atoms with E-state index in [2.05, 4.69) is 30.1 Å². The number of ether oxygens (including phenoxy) is 1. The van der Waals surface area contributed by atoms with Crippen molar-refractivity contribution in [2.24, 2.45) is 5.92 Å². The Morgan fingerprint density at radius 3 is 2.88 bits per heavy atom. The van der Waals surface area contributed by atoms with Gasteiger partial charge in [0.1, 0.15) is 6.10 Å². The van der Waals surface area contributed by atoms with Gasteiger partial charge in [0.25, 0.3) is 0 Å². The van der Waals surface area contributed by atoms with E-state index in [0.717, 1.165) is 0 Å². The standard InChI is InChI=1S/C11H17N3O2S/c1-4-15-10(8(2)3)11-13-9(16-14-11)7-17-6-5-12/h8,10H,4,6-7H2,1-3H3. The molecule has 0 saturated carbocycles. The van der Waals surface area contributed by atoms with Crippen molar-refractivity contribution >= 4 is 11.8 Å². The summed E-state index contributed by atoms with van der Waals surface area (Å²) in [6.45, 7) is 6.68. The van der Waals surface area contributed by atoms with Gasteiger partial charge in [0.05, 0.1) is 17.6 Å². The SMILES string of the molecule is CCOC(c1noc(CSCC#N)n1)C(C)C. The molecule has 0 aliphatic heterocycles. The van der Waals surface area contributed by atoms with Crippen LogP contribution in [0.1, 0.15) is 38.6 Å². The van der Waals surface area contributed by atoms with Crippen LogP contribution in [-0.4, -0.2) is 22.5 Å². The van der Waals surface area contributed by atoms with E-state index in [1.54, 1.807) is 0 Å². The van der Waals surface area contributed by atoms with Gasteiger partial charge >= 0.3 is 0 Å². The maximum absolute atomic E-state index is 8.42. The highest BCUT2D eigenvalue weighted by Crippen LogP contribution is 2.23. The molecule has 0 bridgehead atoms. The molecule has 1 aromatic heterocycles. The van der Waals surface area contributed by atoms with Crippen LogP contribution >= 0.6 is 11.8 Å². The normalized spacial score (nSPS) is 12.6. The molecule has 6 heteroatoms. The molecule has 0 saturated heterocycles. The van der Waals surface area contributed by atoms with Crippen LogP contribution < -0.4 is 0 Å². The van der Waals surface area contributed by atoms with Gasteiger partial charge in [-0.1, -0.05) is 19.0 Å². The summed E-state index contributed by atoms with van der Waals surface area (Å²) in [7, 11) is 0. The van der Waals surface area contributed by atoms with Crippen LogP contribution in [-0.2, 0) is 10.5 Å². The maximum Gasteiger partial charge on any atom is 0.236 e. The average Bonchev–Trinajstić information content (AvgIpc) is 2.74. The lowest BCUT2D eigenvalue weighted by Crippen LogP contribution is -2.12. The topological polar surface area (TPSA) is 71.9 Å². The molecule has 5 nitrogen and oxygen atoms in total. The summed E-state index contributed by atoms with van der Waals surface area (Å²) in [5, 5.41) is 12.4. The second-order valence-electron chi connectivity index (χ2n) is 3.82. The molecule has 94 valence electrons. The zero-order valence-electron chi connectivity index (χ0n) is 10.3. The third-order valence-corrected chi connectivity index (χ3v) is 2.87. The molecule has 0 amide bonds. The Kier molecular flexibility index (Phi) is 6.01. The van der Waals surface area contributed by atoms with Crippen molar-refractivity contribution in [1.82, 2.24) is 10.1 Å². The molecule has 17 heavy (non-hydrogen) atoms. The summed E-state index contributed by atoms with van der Waals surface area (Å²) in [4.78, 5) is 4.29. The van der Waals surface area contributed by atoms with Crippen molar-refractivity contribution in [3.8, 4) is 6.07 Å². The van der Waals surface area contributed by atoms with E-state index < -0.39 is 0 Å². The smallest absolute Gasteiger partial charge is 0.236 e. The largest absolute Gasteiger partial charge is 0.370 e. The minimum Gasteiger partial charge on any atom is -0.370 e. The third-order valence-electron chi connectivity index (χ3n) is 2.08. The molecule has 0 aromatic carbocycles. The number of rotatable bonds is 7. The first-order chi connectivity index (χ1) is 8.19. The third kappa shape index (κ3) is 4.36. The second-order valence-corrected chi connectivity index (χ2v) is 4.80. The van der Waals surface area contributed by atoms with Crippen LogP contribution in [0.25, 0.3) is 0 Å². The minimum atomic E-state index is -0.126. The molecule has 0 N–H and O–H groups in total. The van der Waals surface area contributed by atoms with E-state index in [1.165, 1.54) is 11.8 Å². The van der Waals surface area contributed by atoms with Crippen LogP contribution in [0.4, 0.5) is 0 Å². The maximum atomic E-state index is 8.42. The first kappa shape index (κ1) is 14.0. The Bertz CT molecular complexity index is 373. The van der Waals surface area contributed by atoms with E-state index >= 15 is 0 Å². The Morgan fingerprint density at radius 1 is 1.53 bits per heavy atom. The molecule has 0 fully saturated rings. The highest BCUT2D eigenvalue weighted by atomic mass is 32.2. The second kappa shape index (κ2) is 7.30. The molecule has 1 heterocycles. The van der Waals surface area contributed by atoms with Gasteiger partial charge < -0.3 is 9.26 Å². The number of nitrogens with zero attached hydrogens (tertiary/aromatic N) is 3. The minimum absolute atomic E-state index is 0.126. The van der Waals surface area contributed by atoms with Crippen molar-refractivity contribution in [1.29, 1.82) is 5.26 Å². The Balaban J connectivity index is 2.61. The van der Waals surface area contributed by atoms with Gasteiger partial charge in [0, 0.05) is 6.61 Å². The van der Waals surface area contributed by atoms with E-state index in [1.807, 2.05) is 6.92 Å². The predicted molar refractivity (Wildman–Crippen MR) is 65.3 cm³/mol. The highest BCUT2D eigenvalue weighted by molar-refractivity contribution is 7.98. The van der Waals surface area contributed by atoms with Crippen molar-refractivity contribution in [2.75, 3.05) is 12.4 Å². The van der Waals surface area contributed by atoms with Gasteiger partial charge in [-0.2, -0.15) is 10.2 Å². The number of hydrogen-bond acceptors (Lipinski definition) is 6. The Morgan fingerprint density at radius 2 is 2.29 bits per heavy atom. The van der Waals surface area contributed by atoms with E-state index in [0.29, 0.717) is 35.7 Å². The number of thioether (sulfide) groups is 1. The van der Waals surface area contributed by atoms with Gasteiger partial charge in [-0.3, -0.25) is 0 Å². The molecule has 0 spiro atoms. The molecular weight excluding hydrogens is 238 g/mol. The molecular formula is C11H17N3O2S. The first-order valence-electron chi connectivity index (χ1n) is 5.57. The lowest BCUT2D eigenvalue weighted by Gasteiger charge is -2.16. The summed E-state index contributed by atoms with van der Waals surface area (Å²) >= 11 is 1.45. The van der Waals surface area contributed by atoms with Crippen molar-refractivity contribution in [3.63, 3.8) is 0 Å². The van der Waals surface area contributed by atoms with Crippen molar-refractivity contribution in [2.45, 2.75) is 32.6 Å². The van der Waals surface area contributed by atoms with Crippen LogP contribution in [0.5, 0.6) is 0 Å². The van der Waals surface area contributed by atoms with Crippen LogP contribution in [0.2, 0.25) is 0 Å². The monoisotopic (exact) mass is 255 g/mol. The quantitative estimate of drug-likeness (QED) is 0.697. The fourth-order valence-electron chi connectivity index (χ4n) is 1.37.